The molecule has 2 aromatic heterocycles. The molecule has 2 N–H and O–H groups in total. The number of nitrogens with one attached hydrogen (secondary N) is 2. The number of amides is 2. The van der Waals surface area contributed by atoms with Gasteiger partial charge in [-0.25, -0.2) is 4.68 Å². The number of nitrogens with zero attached hydrogens (tertiary/aromatic N) is 3. The predicted octanol–water partition coefficient (Wildman–Crippen LogP) is 2.06. The minimum absolute atomic E-state index is 0.0817. The van der Waals surface area contributed by atoms with Crippen molar-refractivity contribution in [3.05, 3.63) is 70.4 Å². The molecule has 8 nitrogen and oxygen atoms in total. The molecule has 0 bridgehead atoms. The summed E-state index contributed by atoms with van der Waals surface area (Å²) in [6.07, 6.45) is 5.70. The second kappa shape index (κ2) is 8.90. The Balaban J connectivity index is 1.86. The van der Waals surface area contributed by atoms with Crippen molar-refractivity contribution in [2.45, 2.75) is 32.7 Å². The quantitative estimate of drug-likeness (QED) is 0.504. The zero-order valence-corrected chi connectivity index (χ0v) is 15.5. The summed E-state index contributed by atoms with van der Waals surface area (Å²) in [5.74, 6) is -1.10. The number of benzene rings is 1. The van der Waals surface area contributed by atoms with Gasteiger partial charge < -0.3 is 0 Å². The van der Waals surface area contributed by atoms with Crippen LogP contribution in [0.1, 0.15) is 47.0 Å². The van der Waals surface area contributed by atoms with Crippen LogP contribution in [0.4, 0.5) is 0 Å². The average Bonchev–Trinajstić information content (AvgIpc) is 2.74. The maximum atomic E-state index is 12.7. The third-order valence-corrected chi connectivity index (χ3v) is 4.27. The highest BCUT2D eigenvalue weighted by atomic mass is 16.2. The van der Waals surface area contributed by atoms with E-state index < -0.39 is 11.8 Å². The van der Waals surface area contributed by atoms with Gasteiger partial charge in [-0.15, -0.1) is 0 Å². The van der Waals surface area contributed by atoms with Crippen molar-refractivity contribution in [1.29, 1.82) is 0 Å². The number of unbranched alkanes of at least 4 members (excludes halogenated alkanes) is 2. The smallest absolute Gasteiger partial charge is 0.267 e. The van der Waals surface area contributed by atoms with Gasteiger partial charge in [0.25, 0.3) is 17.4 Å². The number of pyridine rings is 1. The van der Waals surface area contributed by atoms with Gasteiger partial charge in [-0.3, -0.25) is 30.2 Å². The first kappa shape index (κ1) is 19.2. The Bertz CT molecular complexity index is 1050. The summed E-state index contributed by atoms with van der Waals surface area (Å²) in [6.45, 7) is 2.50. The molecular weight excluding hydrogens is 358 g/mol. The molecule has 0 saturated heterocycles. The molecule has 0 unspecified atom stereocenters. The van der Waals surface area contributed by atoms with Gasteiger partial charge in [0.15, 0.2) is 5.69 Å². The van der Waals surface area contributed by atoms with Crippen molar-refractivity contribution >= 4 is 22.6 Å². The molecule has 144 valence electrons. The summed E-state index contributed by atoms with van der Waals surface area (Å²) in [5, 5.41) is 5.10. The summed E-state index contributed by atoms with van der Waals surface area (Å²) >= 11 is 0. The highest BCUT2D eigenvalue weighted by Gasteiger charge is 2.17. The molecule has 0 radical (unpaired) electrons. The van der Waals surface area contributed by atoms with Crippen LogP contribution in [0.2, 0.25) is 0 Å². The maximum Gasteiger partial charge on any atom is 0.290 e. The lowest BCUT2D eigenvalue weighted by molar-refractivity contribution is 0.0843. The van der Waals surface area contributed by atoms with Crippen LogP contribution in [0.3, 0.4) is 0 Å². The molecule has 2 amide bonds. The van der Waals surface area contributed by atoms with E-state index in [2.05, 4.69) is 27.9 Å². The Morgan fingerprint density at radius 3 is 2.46 bits per heavy atom. The molecular formula is C20H21N5O3. The second-order valence-electron chi connectivity index (χ2n) is 6.28. The minimum atomic E-state index is -0.599. The largest absolute Gasteiger partial charge is 0.290 e. The van der Waals surface area contributed by atoms with Gasteiger partial charge >= 0.3 is 0 Å². The normalized spacial score (nSPS) is 10.6. The third-order valence-electron chi connectivity index (χ3n) is 4.27. The number of hydrogen-bond donors (Lipinski definition) is 2. The summed E-state index contributed by atoms with van der Waals surface area (Å²) in [5.41, 5.74) is 4.86. The first-order valence-electron chi connectivity index (χ1n) is 9.12. The van der Waals surface area contributed by atoms with Crippen LogP contribution in [0, 0.1) is 0 Å². The Hall–Kier alpha value is -3.55. The number of aryl methyl sites for hydroxylation is 1. The summed E-state index contributed by atoms with van der Waals surface area (Å²) in [4.78, 5) is 41.3. The lowest BCUT2D eigenvalue weighted by atomic mass is 10.1. The molecule has 0 aliphatic rings. The highest BCUT2D eigenvalue weighted by Crippen LogP contribution is 2.13. The summed E-state index contributed by atoms with van der Waals surface area (Å²) in [6, 6.07) is 10.0. The topological polar surface area (TPSA) is 106 Å². The van der Waals surface area contributed by atoms with Crippen molar-refractivity contribution in [2.24, 2.45) is 0 Å². The van der Waals surface area contributed by atoms with E-state index >= 15 is 0 Å². The number of rotatable bonds is 6. The lowest BCUT2D eigenvalue weighted by Gasteiger charge is -2.12. The van der Waals surface area contributed by atoms with Crippen LogP contribution in [0.15, 0.2) is 53.6 Å². The molecule has 0 aliphatic heterocycles. The van der Waals surface area contributed by atoms with Crippen LogP contribution >= 0.6 is 0 Å². The SMILES string of the molecule is CCCCCn1nc(C(=O)NNC(=O)c2cccnc2)c2ccccc2c1=O. The zero-order valence-electron chi connectivity index (χ0n) is 15.5. The summed E-state index contributed by atoms with van der Waals surface area (Å²) < 4.78 is 1.32. The maximum absolute atomic E-state index is 12.7. The second-order valence-corrected chi connectivity index (χ2v) is 6.28. The monoisotopic (exact) mass is 379 g/mol. The molecule has 8 heteroatoms. The van der Waals surface area contributed by atoms with Crippen molar-refractivity contribution in [3.8, 4) is 0 Å². The fourth-order valence-electron chi connectivity index (χ4n) is 2.81. The van der Waals surface area contributed by atoms with Crippen molar-refractivity contribution in [3.63, 3.8) is 0 Å². The standard InChI is InChI=1S/C20H21N5O3/c1-2-3-6-12-25-20(28)16-10-5-4-9-15(16)17(24-25)19(27)23-22-18(26)14-8-7-11-21-13-14/h4-5,7-11,13H,2-3,6,12H2,1H3,(H,22,26)(H,23,27). The Labute approximate surface area is 161 Å². The molecule has 0 atom stereocenters. The van der Waals surface area contributed by atoms with Gasteiger partial charge in [0.05, 0.1) is 10.9 Å². The molecule has 0 spiro atoms. The molecule has 28 heavy (non-hydrogen) atoms. The van der Waals surface area contributed by atoms with Crippen LogP contribution in [0.25, 0.3) is 10.8 Å². The van der Waals surface area contributed by atoms with Gasteiger partial charge in [0.1, 0.15) is 0 Å². The first-order valence-corrected chi connectivity index (χ1v) is 9.12. The molecule has 1 aromatic carbocycles. The minimum Gasteiger partial charge on any atom is -0.267 e. The van der Waals surface area contributed by atoms with Crippen LogP contribution < -0.4 is 16.4 Å². The summed E-state index contributed by atoms with van der Waals surface area (Å²) in [7, 11) is 0. The lowest BCUT2D eigenvalue weighted by Crippen LogP contribution is -2.42. The van der Waals surface area contributed by atoms with Gasteiger partial charge in [-0.05, 0) is 24.6 Å². The number of hydrogen-bond acceptors (Lipinski definition) is 5. The number of carbonyl (C=O) groups excluding carboxylic acids is 2. The van der Waals surface area contributed by atoms with E-state index in [1.807, 2.05) is 0 Å². The zero-order chi connectivity index (χ0) is 19.9. The Morgan fingerprint density at radius 1 is 1.00 bits per heavy atom. The van der Waals surface area contributed by atoms with E-state index in [4.69, 9.17) is 0 Å². The number of fused-ring (bicyclic) bond motifs is 1. The predicted molar refractivity (Wildman–Crippen MR) is 105 cm³/mol. The van der Waals surface area contributed by atoms with E-state index in [0.717, 1.165) is 19.3 Å². The molecule has 0 fully saturated rings. The van der Waals surface area contributed by atoms with Crippen molar-refractivity contribution in [2.75, 3.05) is 0 Å². The highest BCUT2D eigenvalue weighted by molar-refractivity contribution is 6.05. The molecule has 2 heterocycles. The fourth-order valence-corrected chi connectivity index (χ4v) is 2.81. The molecule has 3 aromatic rings. The number of carbonyl (C=O) groups is 2. The van der Waals surface area contributed by atoms with Gasteiger partial charge in [0.2, 0.25) is 0 Å². The van der Waals surface area contributed by atoms with E-state index in [-0.39, 0.29) is 11.3 Å². The van der Waals surface area contributed by atoms with Crippen molar-refractivity contribution < 1.29 is 9.59 Å². The van der Waals surface area contributed by atoms with E-state index in [0.29, 0.717) is 22.9 Å². The van der Waals surface area contributed by atoms with Crippen molar-refractivity contribution in [1.82, 2.24) is 25.6 Å². The Morgan fingerprint density at radius 2 is 1.75 bits per heavy atom. The van der Waals surface area contributed by atoms with Gasteiger partial charge in [-0.1, -0.05) is 38.0 Å². The molecule has 3 rings (SSSR count). The number of hydrazine groups is 1. The Kier molecular flexibility index (Phi) is 6.11. The van der Waals surface area contributed by atoms with Crippen LogP contribution in [-0.4, -0.2) is 26.6 Å². The van der Waals surface area contributed by atoms with Gasteiger partial charge in [0, 0.05) is 24.3 Å². The van der Waals surface area contributed by atoms with E-state index in [1.165, 1.54) is 10.9 Å². The van der Waals surface area contributed by atoms with Crippen LogP contribution in [-0.2, 0) is 6.54 Å². The average molecular weight is 379 g/mol. The van der Waals surface area contributed by atoms with E-state index in [9.17, 15) is 14.4 Å². The molecule has 0 aliphatic carbocycles. The fraction of sp³-hybridized carbons (Fsp3) is 0.250. The molecule has 0 saturated carbocycles. The van der Waals surface area contributed by atoms with Crippen LogP contribution in [0.5, 0.6) is 0 Å². The van der Waals surface area contributed by atoms with E-state index in [1.54, 1.807) is 42.6 Å². The number of aromatic nitrogens is 3. The first-order chi connectivity index (χ1) is 13.6. The third kappa shape index (κ3) is 4.22. The van der Waals surface area contributed by atoms with Gasteiger partial charge in [-0.2, -0.15) is 5.10 Å².